The lowest BCUT2D eigenvalue weighted by Crippen LogP contribution is -2.16. The summed E-state index contributed by atoms with van der Waals surface area (Å²) in [6.07, 6.45) is 0. The van der Waals surface area contributed by atoms with Crippen LogP contribution in [0.1, 0.15) is 52.6 Å². The number of carbonyl (C=O) groups excluding carboxylic acids is 1. The van der Waals surface area contributed by atoms with Gasteiger partial charge in [0, 0.05) is 11.1 Å². The maximum Gasteiger partial charge on any atom is 0.337 e. The number of carboxylic acid groups (broad SMARTS) is 1. The van der Waals surface area contributed by atoms with Gasteiger partial charge in [-0.1, -0.05) is 74.3 Å². The molecule has 0 radical (unpaired) electrons. The molecule has 30 heavy (non-hydrogen) atoms. The van der Waals surface area contributed by atoms with Gasteiger partial charge < -0.3 is 10.4 Å². The van der Waals surface area contributed by atoms with Crippen molar-refractivity contribution in [3.05, 3.63) is 87.9 Å². The van der Waals surface area contributed by atoms with E-state index in [9.17, 15) is 14.7 Å². The highest BCUT2D eigenvalue weighted by molar-refractivity contribution is 6.34. The normalized spacial score (nSPS) is 11.2. The minimum Gasteiger partial charge on any atom is -0.478 e. The number of benzene rings is 3. The average molecular weight is 422 g/mol. The summed E-state index contributed by atoms with van der Waals surface area (Å²) < 4.78 is 0. The lowest BCUT2D eigenvalue weighted by atomic mass is 9.86. The summed E-state index contributed by atoms with van der Waals surface area (Å²) in [5.74, 6) is -1.53. The quantitative estimate of drug-likeness (QED) is 0.501. The molecule has 0 fully saturated rings. The van der Waals surface area contributed by atoms with Gasteiger partial charge in [0.2, 0.25) is 0 Å². The molecule has 0 aromatic heterocycles. The van der Waals surface area contributed by atoms with Crippen LogP contribution in [0.5, 0.6) is 0 Å². The van der Waals surface area contributed by atoms with Crippen LogP contribution in [0.3, 0.4) is 0 Å². The number of carboxylic acids is 1. The first-order chi connectivity index (χ1) is 14.1. The minimum atomic E-state index is -1.14. The Morgan fingerprint density at radius 1 is 0.933 bits per heavy atom. The molecule has 3 rings (SSSR count). The Labute approximate surface area is 181 Å². The highest BCUT2D eigenvalue weighted by Gasteiger charge is 2.19. The van der Waals surface area contributed by atoms with Crippen LogP contribution in [0.2, 0.25) is 5.02 Å². The fourth-order valence-corrected chi connectivity index (χ4v) is 3.40. The van der Waals surface area contributed by atoms with Crippen LogP contribution in [-0.2, 0) is 5.41 Å². The lowest BCUT2D eigenvalue weighted by molar-refractivity contribution is 0.0698. The zero-order chi connectivity index (χ0) is 22.1. The largest absolute Gasteiger partial charge is 0.478 e. The molecule has 3 aromatic carbocycles. The number of anilines is 1. The van der Waals surface area contributed by atoms with Crippen molar-refractivity contribution in [1.82, 2.24) is 0 Å². The van der Waals surface area contributed by atoms with Crippen LogP contribution in [-0.4, -0.2) is 17.0 Å². The number of aryl methyl sites for hydroxylation is 1. The van der Waals surface area contributed by atoms with Crippen molar-refractivity contribution >= 4 is 29.2 Å². The van der Waals surface area contributed by atoms with E-state index < -0.39 is 11.9 Å². The lowest BCUT2D eigenvalue weighted by Gasteiger charge is -2.19. The van der Waals surface area contributed by atoms with Crippen molar-refractivity contribution in [3.8, 4) is 11.1 Å². The van der Waals surface area contributed by atoms with Gasteiger partial charge in [-0.15, -0.1) is 0 Å². The Bertz CT molecular complexity index is 1090. The zero-order valence-electron chi connectivity index (χ0n) is 17.4. The summed E-state index contributed by atoms with van der Waals surface area (Å²) in [6, 6.07) is 17.9. The second-order valence-electron chi connectivity index (χ2n) is 8.33. The van der Waals surface area contributed by atoms with Crippen molar-refractivity contribution in [2.45, 2.75) is 33.1 Å². The van der Waals surface area contributed by atoms with Crippen LogP contribution in [0.15, 0.2) is 60.7 Å². The van der Waals surface area contributed by atoms with Gasteiger partial charge >= 0.3 is 5.97 Å². The molecule has 0 bridgehead atoms. The molecular formula is C25H24ClNO3. The fraction of sp³-hybridized carbons (Fsp3) is 0.200. The molecule has 0 atom stereocenters. The van der Waals surface area contributed by atoms with E-state index in [1.54, 1.807) is 12.1 Å². The van der Waals surface area contributed by atoms with E-state index in [2.05, 4.69) is 26.1 Å². The van der Waals surface area contributed by atoms with E-state index in [-0.39, 0.29) is 16.7 Å². The van der Waals surface area contributed by atoms with E-state index in [1.807, 2.05) is 43.3 Å². The van der Waals surface area contributed by atoms with Gasteiger partial charge in [0.05, 0.1) is 16.3 Å². The number of rotatable bonds is 4. The number of amides is 1. The van der Waals surface area contributed by atoms with Gasteiger partial charge in [0.25, 0.3) is 5.91 Å². The Kier molecular flexibility index (Phi) is 5.99. The van der Waals surface area contributed by atoms with Crippen molar-refractivity contribution in [1.29, 1.82) is 0 Å². The third-order valence-corrected chi connectivity index (χ3v) is 5.27. The van der Waals surface area contributed by atoms with Crippen LogP contribution in [0.4, 0.5) is 5.69 Å². The number of carbonyl (C=O) groups is 2. The second kappa shape index (κ2) is 8.33. The van der Waals surface area contributed by atoms with Crippen LogP contribution < -0.4 is 5.32 Å². The van der Waals surface area contributed by atoms with Gasteiger partial charge in [0.15, 0.2) is 0 Å². The molecule has 4 nitrogen and oxygen atoms in total. The Morgan fingerprint density at radius 2 is 1.53 bits per heavy atom. The van der Waals surface area contributed by atoms with Crippen molar-refractivity contribution in [2.24, 2.45) is 0 Å². The average Bonchev–Trinajstić information content (AvgIpc) is 2.68. The molecule has 3 aromatic rings. The number of aromatic carboxylic acids is 1. The summed E-state index contributed by atoms with van der Waals surface area (Å²) >= 11 is 6.44. The third kappa shape index (κ3) is 4.71. The molecular weight excluding hydrogens is 398 g/mol. The second-order valence-corrected chi connectivity index (χ2v) is 8.74. The smallest absolute Gasteiger partial charge is 0.337 e. The first kappa shape index (κ1) is 21.6. The van der Waals surface area contributed by atoms with E-state index in [0.717, 1.165) is 16.7 Å². The topological polar surface area (TPSA) is 66.4 Å². The molecule has 1 amide bonds. The fourth-order valence-electron chi connectivity index (χ4n) is 3.12. The number of halogens is 1. The Hall–Kier alpha value is -3.11. The van der Waals surface area contributed by atoms with E-state index >= 15 is 0 Å². The molecule has 0 aliphatic rings. The van der Waals surface area contributed by atoms with Crippen molar-refractivity contribution < 1.29 is 14.7 Å². The molecule has 0 saturated carbocycles. The standard InChI is InChI=1S/C25H24ClNO3/c1-15-5-7-16(8-6-15)19-13-20(24(29)30)22(14-21(19)26)27-23(28)17-9-11-18(12-10-17)25(2,3)4/h5-14H,1-4H3,(H,27,28)(H,29,30). The number of hydrogen-bond donors (Lipinski definition) is 2. The van der Waals surface area contributed by atoms with Crippen LogP contribution in [0, 0.1) is 6.92 Å². The summed E-state index contributed by atoms with van der Waals surface area (Å²) in [5.41, 5.74) is 4.17. The Morgan fingerprint density at radius 3 is 2.07 bits per heavy atom. The highest BCUT2D eigenvalue weighted by Crippen LogP contribution is 2.34. The minimum absolute atomic E-state index is 0.0189. The molecule has 0 unspecified atom stereocenters. The van der Waals surface area contributed by atoms with Gasteiger partial charge in [0.1, 0.15) is 0 Å². The van der Waals surface area contributed by atoms with Crippen molar-refractivity contribution in [2.75, 3.05) is 5.32 Å². The van der Waals surface area contributed by atoms with Gasteiger partial charge in [-0.3, -0.25) is 4.79 Å². The molecule has 0 saturated heterocycles. The summed E-state index contributed by atoms with van der Waals surface area (Å²) in [6.45, 7) is 8.26. The van der Waals surface area contributed by atoms with Gasteiger partial charge in [-0.2, -0.15) is 0 Å². The molecule has 0 aliphatic heterocycles. The number of nitrogens with one attached hydrogen (secondary N) is 1. The van der Waals surface area contributed by atoms with Gasteiger partial charge in [-0.25, -0.2) is 4.79 Å². The first-order valence-corrected chi connectivity index (χ1v) is 10.00. The van der Waals surface area contributed by atoms with Crippen LogP contribution >= 0.6 is 11.6 Å². The highest BCUT2D eigenvalue weighted by atomic mass is 35.5. The SMILES string of the molecule is Cc1ccc(-c2cc(C(=O)O)c(NC(=O)c3ccc(C(C)(C)C)cc3)cc2Cl)cc1. The maximum absolute atomic E-state index is 12.7. The zero-order valence-corrected chi connectivity index (χ0v) is 18.2. The maximum atomic E-state index is 12.7. The Balaban J connectivity index is 1.93. The molecule has 0 aliphatic carbocycles. The first-order valence-electron chi connectivity index (χ1n) is 9.62. The van der Waals surface area contributed by atoms with Crippen molar-refractivity contribution in [3.63, 3.8) is 0 Å². The van der Waals surface area contributed by atoms with E-state index in [0.29, 0.717) is 16.1 Å². The monoisotopic (exact) mass is 421 g/mol. The summed E-state index contributed by atoms with van der Waals surface area (Å²) in [7, 11) is 0. The predicted octanol–water partition coefficient (Wildman–Crippen LogP) is 6.56. The molecule has 0 spiro atoms. The van der Waals surface area contributed by atoms with Gasteiger partial charge in [-0.05, 0) is 47.7 Å². The third-order valence-electron chi connectivity index (χ3n) is 4.96. The summed E-state index contributed by atoms with van der Waals surface area (Å²) in [5, 5.41) is 12.7. The van der Waals surface area contributed by atoms with Crippen LogP contribution in [0.25, 0.3) is 11.1 Å². The molecule has 2 N–H and O–H groups in total. The predicted molar refractivity (Wildman–Crippen MR) is 122 cm³/mol. The summed E-state index contributed by atoms with van der Waals surface area (Å²) in [4.78, 5) is 24.6. The number of hydrogen-bond acceptors (Lipinski definition) is 2. The molecule has 154 valence electrons. The molecule has 0 heterocycles. The van der Waals surface area contributed by atoms with E-state index in [1.165, 1.54) is 12.1 Å². The molecule has 5 heteroatoms. The van der Waals surface area contributed by atoms with E-state index in [4.69, 9.17) is 11.6 Å².